The number of ether oxygens (including phenoxy) is 2. The first kappa shape index (κ1) is 22.5. The van der Waals surface area contributed by atoms with Gasteiger partial charge in [-0.1, -0.05) is 12.1 Å². The van der Waals surface area contributed by atoms with E-state index in [1.165, 1.54) is 31.4 Å². The number of para-hydroxylation sites is 1. The summed E-state index contributed by atoms with van der Waals surface area (Å²) in [4.78, 5) is 37.8. The summed E-state index contributed by atoms with van der Waals surface area (Å²) >= 11 is 2.08. The third kappa shape index (κ3) is 5.13. The monoisotopic (exact) mass is 539 g/mol. The summed E-state index contributed by atoms with van der Waals surface area (Å²) in [5.74, 6) is -0.919. The zero-order valence-corrected chi connectivity index (χ0v) is 18.9. The molecule has 1 fully saturated rings. The molecule has 10 heteroatoms. The molecular formula is C21H19FIN3O5. The fourth-order valence-corrected chi connectivity index (χ4v) is 3.76. The first-order valence-electron chi connectivity index (χ1n) is 9.23. The van der Waals surface area contributed by atoms with Crippen molar-refractivity contribution in [3.63, 3.8) is 0 Å². The Bertz CT molecular complexity index is 1070. The number of benzene rings is 2. The minimum Gasteiger partial charge on any atom is -0.492 e. The fourth-order valence-electron chi connectivity index (χ4n) is 2.91. The molecule has 8 nitrogen and oxygen atoms in total. The lowest BCUT2D eigenvalue weighted by atomic mass is 10.1. The molecule has 1 heterocycles. The number of nitrogens with one attached hydrogen (secondary N) is 2. The quantitative estimate of drug-likeness (QED) is 0.320. The summed E-state index contributed by atoms with van der Waals surface area (Å²) < 4.78 is 25.4. The molecule has 4 amide bonds. The van der Waals surface area contributed by atoms with Gasteiger partial charge < -0.3 is 20.1 Å². The molecule has 2 aromatic carbocycles. The Morgan fingerprint density at radius 3 is 2.71 bits per heavy atom. The van der Waals surface area contributed by atoms with Crippen LogP contribution in [-0.2, 0) is 9.59 Å². The average molecular weight is 539 g/mol. The number of hydrogen-bond donors (Lipinski definition) is 2. The Hall–Kier alpha value is -3.15. The van der Waals surface area contributed by atoms with Gasteiger partial charge in [0.15, 0.2) is 11.5 Å². The van der Waals surface area contributed by atoms with E-state index in [0.29, 0.717) is 23.7 Å². The van der Waals surface area contributed by atoms with Crippen LogP contribution in [0.15, 0.2) is 42.1 Å². The minimum atomic E-state index is -0.742. The molecule has 162 valence electrons. The highest BCUT2D eigenvalue weighted by atomic mass is 127. The number of urea groups is 1. The van der Waals surface area contributed by atoms with Gasteiger partial charge >= 0.3 is 6.03 Å². The maximum Gasteiger partial charge on any atom is 0.329 e. The van der Waals surface area contributed by atoms with Crippen molar-refractivity contribution < 1.29 is 28.2 Å². The van der Waals surface area contributed by atoms with E-state index in [1.807, 2.05) is 6.92 Å². The predicted molar refractivity (Wildman–Crippen MR) is 120 cm³/mol. The second kappa shape index (κ2) is 9.77. The zero-order valence-electron chi connectivity index (χ0n) is 16.7. The maximum atomic E-state index is 13.7. The van der Waals surface area contributed by atoms with Gasteiger partial charge in [0.1, 0.15) is 18.1 Å². The van der Waals surface area contributed by atoms with Crippen LogP contribution in [0.25, 0.3) is 6.08 Å². The molecule has 2 N–H and O–H groups in total. The smallest absolute Gasteiger partial charge is 0.329 e. The van der Waals surface area contributed by atoms with Crippen LogP contribution >= 0.6 is 22.6 Å². The minimum absolute atomic E-state index is 0.00658. The van der Waals surface area contributed by atoms with Gasteiger partial charge in [-0.25, -0.2) is 14.1 Å². The van der Waals surface area contributed by atoms with Crippen molar-refractivity contribution in [3.8, 4) is 11.5 Å². The average Bonchev–Trinajstić information content (AvgIpc) is 2.97. The van der Waals surface area contributed by atoms with Crippen LogP contribution in [0.5, 0.6) is 11.5 Å². The number of anilines is 1. The first-order chi connectivity index (χ1) is 14.8. The van der Waals surface area contributed by atoms with Gasteiger partial charge in [0, 0.05) is 0 Å². The number of amides is 4. The number of hydrogen-bond acceptors (Lipinski definition) is 5. The van der Waals surface area contributed by atoms with Crippen molar-refractivity contribution >= 4 is 52.2 Å². The summed E-state index contributed by atoms with van der Waals surface area (Å²) in [7, 11) is 1.53. The van der Waals surface area contributed by atoms with Gasteiger partial charge in [-0.15, -0.1) is 0 Å². The highest BCUT2D eigenvalue weighted by Crippen LogP contribution is 2.34. The van der Waals surface area contributed by atoms with Crippen LogP contribution in [0.3, 0.4) is 0 Å². The van der Waals surface area contributed by atoms with Crippen molar-refractivity contribution in [1.29, 1.82) is 0 Å². The predicted octanol–water partition coefficient (Wildman–Crippen LogP) is 3.37. The number of imide groups is 1. The third-order valence-corrected chi connectivity index (χ3v) is 5.06. The summed E-state index contributed by atoms with van der Waals surface area (Å²) in [5.41, 5.74) is 0.577. The molecule has 0 aliphatic carbocycles. The Kier molecular flexibility index (Phi) is 7.10. The van der Waals surface area contributed by atoms with E-state index < -0.39 is 30.2 Å². The van der Waals surface area contributed by atoms with E-state index in [4.69, 9.17) is 9.47 Å². The van der Waals surface area contributed by atoms with Gasteiger partial charge in [0.05, 0.1) is 23.0 Å². The van der Waals surface area contributed by atoms with E-state index in [0.717, 1.165) is 8.47 Å². The zero-order chi connectivity index (χ0) is 22.5. The Morgan fingerprint density at radius 2 is 2.03 bits per heavy atom. The Morgan fingerprint density at radius 1 is 1.29 bits per heavy atom. The molecule has 0 saturated carbocycles. The molecule has 0 atom stereocenters. The van der Waals surface area contributed by atoms with Gasteiger partial charge in [-0.2, -0.15) is 0 Å². The maximum absolute atomic E-state index is 13.7. The van der Waals surface area contributed by atoms with Crippen molar-refractivity contribution in [1.82, 2.24) is 10.2 Å². The molecule has 3 rings (SSSR count). The van der Waals surface area contributed by atoms with Crippen LogP contribution in [0.1, 0.15) is 12.5 Å². The van der Waals surface area contributed by atoms with Crippen molar-refractivity contribution in [2.45, 2.75) is 6.92 Å². The van der Waals surface area contributed by atoms with E-state index in [9.17, 15) is 18.8 Å². The van der Waals surface area contributed by atoms with Gasteiger partial charge in [0.25, 0.3) is 5.91 Å². The molecule has 1 aliphatic heterocycles. The number of carbonyl (C=O) groups is 3. The molecule has 0 radical (unpaired) electrons. The normalized spacial score (nSPS) is 14.6. The number of nitrogens with zero attached hydrogens (tertiary/aromatic N) is 1. The van der Waals surface area contributed by atoms with Crippen LogP contribution in [-0.4, -0.2) is 43.0 Å². The molecular weight excluding hydrogens is 520 g/mol. The number of halogens is 2. The van der Waals surface area contributed by atoms with E-state index in [1.54, 1.807) is 18.2 Å². The van der Waals surface area contributed by atoms with Gasteiger partial charge in [-0.05, 0) is 65.4 Å². The lowest BCUT2D eigenvalue weighted by Gasteiger charge is -2.12. The number of rotatable bonds is 7. The third-order valence-electron chi connectivity index (χ3n) is 4.26. The van der Waals surface area contributed by atoms with Crippen molar-refractivity contribution in [2.24, 2.45) is 0 Å². The first-order valence-corrected chi connectivity index (χ1v) is 10.3. The molecule has 0 spiro atoms. The standard InChI is InChI=1S/C21H19FIN3O5/c1-3-31-17-10-12(8-14(23)19(17)30-2)9-16-20(28)26(21(29)25-16)11-18(27)24-15-7-5-4-6-13(15)22/h4-10H,3,11H2,1-2H3,(H,24,27)(H,25,29)/b16-9+. The summed E-state index contributed by atoms with van der Waals surface area (Å²) in [6.07, 6.45) is 1.49. The SMILES string of the molecule is CCOc1cc(/C=C2/NC(=O)N(CC(=O)Nc3ccccc3F)C2=O)cc(I)c1OC. The van der Waals surface area contributed by atoms with E-state index in [-0.39, 0.29) is 11.4 Å². The number of carbonyl (C=O) groups excluding carboxylic acids is 3. The van der Waals surface area contributed by atoms with Crippen LogP contribution < -0.4 is 20.1 Å². The second-order valence-electron chi connectivity index (χ2n) is 6.37. The highest BCUT2D eigenvalue weighted by molar-refractivity contribution is 14.1. The lowest BCUT2D eigenvalue weighted by molar-refractivity contribution is -0.127. The highest BCUT2D eigenvalue weighted by Gasteiger charge is 2.35. The Balaban J connectivity index is 1.77. The summed E-state index contributed by atoms with van der Waals surface area (Å²) in [6.45, 7) is 1.70. The van der Waals surface area contributed by atoms with Crippen LogP contribution in [0.4, 0.5) is 14.9 Å². The lowest BCUT2D eigenvalue weighted by Crippen LogP contribution is -2.38. The van der Waals surface area contributed by atoms with Crippen LogP contribution in [0, 0.1) is 9.39 Å². The molecule has 1 aliphatic rings. The van der Waals surface area contributed by atoms with Crippen molar-refractivity contribution in [3.05, 3.63) is 57.0 Å². The summed E-state index contributed by atoms with van der Waals surface area (Å²) in [5, 5.41) is 4.80. The van der Waals surface area contributed by atoms with E-state index in [2.05, 4.69) is 33.2 Å². The molecule has 0 aromatic heterocycles. The van der Waals surface area contributed by atoms with Crippen LogP contribution in [0.2, 0.25) is 0 Å². The molecule has 2 aromatic rings. The van der Waals surface area contributed by atoms with Gasteiger partial charge in [-0.3, -0.25) is 9.59 Å². The molecule has 0 bridgehead atoms. The largest absolute Gasteiger partial charge is 0.492 e. The fraction of sp³-hybridized carbons (Fsp3) is 0.190. The van der Waals surface area contributed by atoms with Crippen molar-refractivity contribution in [2.75, 3.05) is 25.6 Å². The molecule has 31 heavy (non-hydrogen) atoms. The van der Waals surface area contributed by atoms with E-state index >= 15 is 0 Å². The van der Waals surface area contributed by atoms with Gasteiger partial charge in [0.2, 0.25) is 5.91 Å². The molecule has 1 saturated heterocycles. The second-order valence-corrected chi connectivity index (χ2v) is 7.54. The number of methoxy groups -OCH3 is 1. The topological polar surface area (TPSA) is 97.0 Å². The Labute approximate surface area is 191 Å². The molecule has 0 unspecified atom stereocenters. The summed E-state index contributed by atoms with van der Waals surface area (Å²) in [6, 6.07) is 8.32.